The number of likely N-dealkylation sites (tertiary alicyclic amines) is 1. The lowest BCUT2D eigenvalue weighted by Gasteiger charge is -2.25. The maximum absolute atomic E-state index is 12.6. The molecule has 1 aliphatic rings. The van der Waals surface area contributed by atoms with Gasteiger partial charge in [0.2, 0.25) is 0 Å². The molecule has 0 bridgehead atoms. The standard InChI is InChI=1S/C19H24N4O2/c1-13(2)16-11-17(21-20-16)19(25)23-10-9-15(12-23)22(3)18(24)14-7-5-4-6-8-14/h4-8,11,13,15H,9-10,12H2,1-3H3,(H,20,21). The monoisotopic (exact) mass is 340 g/mol. The summed E-state index contributed by atoms with van der Waals surface area (Å²) in [6, 6.07) is 11.1. The molecule has 1 aromatic carbocycles. The number of nitrogens with one attached hydrogen (secondary N) is 1. The molecule has 1 atom stereocenters. The Morgan fingerprint density at radius 2 is 2.00 bits per heavy atom. The summed E-state index contributed by atoms with van der Waals surface area (Å²) in [4.78, 5) is 28.7. The van der Waals surface area contributed by atoms with Crippen molar-refractivity contribution in [1.29, 1.82) is 0 Å². The van der Waals surface area contributed by atoms with E-state index in [2.05, 4.69) is 10.2 Å². The molecule has 6 heteroatoms. The second kappa shape index (κ2) is 7.09. The van der Waals surface area contributed by atoms with Crippen LogP contribution in [0.3, 0.4) is 0 Å². The van der Waals surface area contributed by atoms with E-state index in [1.54, 1.807) is 16.8 Å². The number of rotatable bonds is 4. The number of carbonyl (C=O) groups is 2. The molecule has 1 saturated heterocycles. The van der Waals surface area contributed by atoms with E-state index in [-0.39, 0.29) is 23.8 Å². The Kier molecular flexibility index (Phi) is 4.88. The highest BCUT2D eigenvalue weighted by molar-refractivity contribution is 5.95. The van der Waals surface area contributed by atoms with Crippen molar-refractivity contribution in [3.63, 3.8) is 0 Å². The molecule has 1 N–H and O–H groups in total. The molecule has 2 aromatic rings. The van der Waals surface area contributed by atoms with Gasteiger partial charge < -0.3 is 9.80 Å². The number of aromatic nitrogens is 2. The van der Waals surface area contributed by atoms with E-state index in [1.165, 1.54) is 0 Å². The molecule has 1 aliphatic heterocycles. The quantitative estimate of drug-likeness (QED) is 0.930. The topological polar surface area (TPSA) is 69.3 Å². The number of likely N-dealkylation sites (N-methyl/N-ethyl adjacent to an activating group) is 1. The molecular formula is C19H24N4O2. The molecule has 0 spiro atoms. The average Bonchev–Trinajstić information content (AvgIpc) is 3.30. The van der Waals surface area contributed by atoms with Crippen LogP contribution in [0, 0.1) is 0 Å². The Balaban J connectivity index is 1.64. The maximum atomic E-state index is 12.6. The summed E-state index contributed by atoms with van der Waals surface area (Å²) in [7, 11) is 1.81. The number of nitrogens with zero attached hydrogens (tertiary/aromatic N) is 3. The Morgan fingerprint density at radius 1 is 1.28 bits per heavy atom. The fraction of sp³-hybridized carbons (Fsp3) is 0.421. The van der Waals surface area contributed by atoms with E-state index in [1.807, 2.05) is 50.2 Å². The van der Waals surface area contributed by atoms with Crippen molar-refractivity contribution in [3.05, 3.63) is 53.3 Å². The molecule has 0 radical (unpaired) electrons. The van der Waals surface area contributed by atoms with Gasteiger partial charge in [0.1, 0.15) is 5.69 Å². The van der Waals surface area contributed by atoms with Crippen molar-refractivity contribution in [2.45, 2.75) is 32.2 Å². The number of benzene rings is 1. The Morgan fingerprint density at radius 3 is 2.64 bits per heavy atom. The minimum Gasteiger partial charge on any atom is -0.337 e. The van der Waals surface area contributed by atoms with E-state index in [4.69, 9.17) is 0 Å². The first-order valence-corrected chi connectivity index (χ1v) is 8.64. The largest absolute Gasteiger partial charge is 0.337 e. The Bertz CT molecular complexity index is 754. The van der Waals surface area contributed by atoms with Crippen LogP contribution in [0.25, 0.3) is 0 Å². The molecule has 2 heterocycles. The van der Waals surface area contributed by atoms with Crippen molar-refractivity contribution in [1.82, 2.24) is 20.0 Å². The summed E-state index contributed by atoms with van der Waals surface area (Å²) in [6.45, 7) is 5.27. The first-order valence-electron chi connectivity index (χ1n) is 8.64. The summed E-state index contributed by atoms with van der Waals surface area (Å²) in [6.07, 6.45) is 0.784. The minimum atomic E-state index is -0.0533. The van der Waals surface area contributed by atoms with Gasteiger partial charge in [0.05, 0.1) is 11.7 Å². The number of aromatic amines is 1. The molecule has 6 nitrogen and oxygen atoms in total. The Hall–Kier alpha value is -2.63. The van der Waals surface area contributed by atoms with E-state index in [0.29, 0.717) is 24.3 Å². The van der Waals surface area contributed by atoms with E-state index >= 15 is 0 Å². The zero-order chi connectivity index (χ0) is 18.0. The predicted octanol–water partition coefficient (Wildman–Crippen LogP) is 2.52. The highest BCUT2D eigenvalue weighted by atomic mass is 16.2. The number of hydrogen-bond acceptors (Lipinski definition) is 3. The fourth-order valence-corrected chi connectivity index (χ4v) is 3.11. The number of hydrogen-bond donors (Lipinski definition) is 1. The van der Waals surface area contributed by atoms with Crippen molar-refractivity contribution in [3.8, 4) is 0 Å². The summed E-state index contributed by atoms with van der Waals surface area (Å²) < 4.78 is 0. The maximum Gasteiger partial charge on any atom is 0.271 e. The van der Waals surface area contributed by atoms with Gasteiger partial charge in [-0.3, -0.25) is 14.7 Å². The minimum absolute atomic E-state index is 0.0106. The lowest BCUT2D eigenvalue weighted by Crippen LogP contribution is -2.40. The zero-order valence-corrected chi connectivity index (χ0v) is 14.9. The SMILES string of the molecule is CC(C)c1cc(C(=O)N2CCC(N(C)C(=O)c3ccccc3)C2)[nH]n1. The van der Waals surface area contributed by atoms with Crippen LogP contribution in [0.5, 0.6) is 0 Å². The first-order chi connectivity index (χ1) is 12.0. The van der Waals surface area contributed by atoms with Gasteiger partial charge in [-0.25, -0.2) is 0 Å². The molecule has 0 aliphatic carbocycles. The third-order valence-corrected chi connectivity index (χ3v) is 4.76. The molecule has 1 fully saturated rings. The van der Waals surface area contributed by atoms with Gasteiger partial charge in [0.25, 0.3) is 11.8 Å². The third-order valence-electron chi connectivity index (χ3n) is 4.76. The van der Waals surface area contributed by atoms with Crippen LogP contribution in [0.1, 0.15) is 52.7 Å². The summed E-state index contributed by atoms with van der Waals surface area (Å²) >= 11 is 0. The van der Waals surface area contributed by atoms with Crippen LogP contribution in [0.2, 0.25) is 0 Å². The predicted molar refractivity (Wildman–Crippen MR) is 95.5 cm³/mol. The van der Waals surface area contributed by atoms with Crippen LogP contribution in [-0.4, -0.2) is 58.0 Å². The molecule has 132 valence electrons. The van der Waals surface area contributed by atoms with Crippen LogP contribution in [-0.2, 0) is 0 Å². The highest BCUT2D eigenvalue weighted by Crippen LogP contribution is 2.20. The smallest absolute Gasteiger partial charge is 0.271 e. The lowest BCUT2D eigenvalue weighted by atomic mass is 10.1. The number of carbonyl (C=O) groups excluding carboxylic acids is 2. The molecule has 1 aromatic heterocycles. The molecule has 2 amide bonds. The summed E-state index contributed by atoms with van der Waals surface area (Å²) in [5, 5.41) is 7.03. The van der Waals surface area contributed by atoms with Crippen LogP contribution in [0.4, 0.5) is 0 Å². The van der Waals surface area contributed by atoms with Crippen LogP contribution in [0.15, 0.2) is 36.4 Å². The zero-order valence-electron chi connectivity index (χ0n) is 14.9. The van der Waals surface area contributed by atoms with Gasteiger partial charge in [-0.05, 0) is 30.5 Å². The lowest BCUT2D eigenvalue weighted by molar-refractivity contribution is 0.0699. The van der Waals surface area contributed by atoms with Crippen molar-refractivity contribution in [2.24, 2.45) is 0 Å². The van der Waals surface area contributed by atoms with Gasteiger partial charge in [-0.1, -0.05) is 32.0 Å². The van der Waals surface area contributed by atoms with Gasteiger partial charge in [-0.2, -0.15) is 5.10 Å². The van der Waals surface area contributed by atoms with E-state index < -0.39 is 0 Å². The number of amides is 2. The van der Waals surface area contributed by atoms with E-state index in [0.717, 1.165) is 12.1 Å². The van der Waals surface area contributed by atoms with Gasteiger partial charge in [0, 0.05) is 25.7 Å². The van der Waals surface area contributed by atoms with Crippen molar-refractivity contribution >= 4 is 11.8 Å². The third kappa shape index (κ3) is 3.57. The molecule has 25 heavy (non-hydrogen) atoms. The fourth-order valence-electron chi connectivity index (χ4n) is 3.11. The molecule has 3 rings (SSSR count). The Labute approximate surface area is 147 Å². The second-order valence-corrected chi connectivity index (χ2v) is 6.84. The summed E-state index contributed by atoms with van der Waals surface area (Å²) in [5.41, 5.74) is 2.07. The first kappa shape index (κ1) is 17.2. The van der Waals surface area contributed by atoms with Gasteiger partial charge >= 0.3 is 0 Å². The molecular weight excluding hydrogens is 316 g/mol. The van der Waals surface area contributed by atoms with Crippen LogP contribution < -0.4 is 0 Å². The van der Waals surface area contributed by atoms with Crippen LogP contribution >= 0.6 is 0 Å². The van der Waals surface area contributed by atoms with Gasteiger partial charge in [0.15, 0.2) is 0 Å². The number of H-pyrrole nitrogens is 1. The van der Waals surface area contributed by atoms with Crippen molar-refractivity contribution < 1.29 is 9.59 Å². The molecule has 1 unspecified atom stereocenters. The summed E-state index contributed by atoms with van der Waals surface area (Å²) in [5.74, 6) is 0.213. The van der Waals surface area contributed by atoms with Crippen molar-refractivity contribution in [2.75, 3.05) is 20.1 Å². The highest BCUT2D eigenvalue weighted by Gasteiger charge is 2.32. The second-order valence-electron chi connectivity index (χ2n) is 6.84. The van der Waals surface area contributed by atoms with Gasteiger partial charge in [-0.15, -0.1) is 0 Å². The average molecular weight is 340 g/mol. The molecule has 0 saturated carbocycles. The normalized spacial score (nSPS) is 17.1. The van der Waals surface area contributed by atoms with E-state index in [9.17, 15) is 9.59 Å².